The summed E-state index contributed by atoms with van der Waals surface area (Å²) in [6, 6.07) is 0.287. The number of ether oxygens (including phenoxy) is 1. The molecule has 140 valence electrons. The average Bonchev–Trinajstić information content (AvgIpc) is 3.33. The van der Waals surface area contributed by atoms with Gasteiger partial charge in [-0.3, -0.25) is 4.68 Å². The van der Waals surface area contributed by atoms with Gasteiger partial charge in [0, 0.05) is 25.8 Å². The number of amides is 2. The van der Waals surface area contributed by atoms with Crippen LogP contribution in [0, 0.1) is 0 Å². The second kappa shape index (κ2) is 7.06. The Morgan fingerprint density at radius 1 is 1.31 bits per heavy atom. The number of rotatable bonds is 4. The SMILES string of the molecule is COCc1noc(-c2nn(C)c3c2CN(C(=O)NC2CCCCC2)C3)n1. The number of carbonyl (C=O) groups excluding carboxylic acids is 1. The summed E-state index contributed by atoms with van der Waals surface area (Å²) in [5.74, 6) is 0.843. The molecule has 3 heterocycles. The highest BCUT2D eigenvalue weighted by Gasteiger charge is 2.33. The molecule has 0 unspecified atom stereocenters. The van der Waals surface area contributed by atoms with Crippen LogP contribution in [-0.2, 0) is 31.5 Å². The molecule has 0 atom stereocenters. The molecule has 1 saturated carbocycles. The molecular formula is C17H24N6O3. The summed E-state index contributed by atoms with van der Waals surface area (Å²) in [6.07, 6.45) is 5.80. The molecule has 1 fully saturated rings. The fourth-order valence-electron chi connectivity index (χ4n) is 3.76. The van der Waals surface area contributed by atoms with Gasteiger partial charge >= 0.3 is 6.03 Å². The lowest BCUT2D eigenvalue weighted by Crippen LogP contribution is -2.43. The Kier molecular flexibility index (Phi) is 4.62. The Morgan fingerprint density at radius 3 is 2.88 bits per heavy atom. The molecule has 2 aromatic rings. The van der Waals surface area contributed by atoms with Crippen LogP contribution < -0.4 is 5.32 Å². The van der Waals surface area contributed by atoms with Gasteiger partial charge in [0.1, 0.15) is 6.61 Å². The molecule has 1 N–H and O–H groups in total. The van der Waals surface area contributed by atoms with Crippen molar-refractivity contribution in [2.45, 2.75) is 57.8 Å². The summed E-state index contributed by atoms with van der Waals surface area (Å²) in [7, 11) is 3.45. The molecule has 1 aliphatic carbocycles. The first kappa shape index (κ1) is 17.0. The van der Waals surface area contributed by atoms with Crippen molar-refractivity contribution in [3.63, 3.8) is 0 Å². The lowest BCUT2D eigenvalue weighted by Gasteiger charge is -2.26. The van der Waals surface area contributed by atoms with Crippen molar-refractivity contribution < 1.29 is 14.1 Å². The van der Waals surface area contributed by atoms with Crippen LogP contribution in [0.3, 0.4) is 0 Å². The summed E-state index contributed by atoms with van der Waals surface area (Å²) in [4.78, 5) is 18.8. The smallest absolute Gasteiger partial charge is 0.318 e. The molecule has 0 radical (unpaired) electrons. The maximum Gasteiger partial charge on any atom is 0.318 e. The predicted octanol–water partition coefficient (Wildman–Crippen LogP) is 1.97. The van der Waals surface area contributed by atoms with Gasteiger partial charge in [0.25, 0.3) is 5.89 Å². The van der Waals surface area contributed by atoms with E-state index in [0.29, 0.717) is 36.5 Å². The van der Waals surface area contributed by atoms with Crippen molar-refractivity contribution in [2.75, 3.05) is 7.11 Å². The summed E-state index contributed by atoms with van der Waals surface area (Å²) >= 11 is 0. The van der Waals surface area contributed by atoms with Crippen LogP contribution in [0.2, 0.25) is 0 Å². The van der Waals surface area contributed by atoms with E-state index in [9.17, 15) is 4.79 Å². The fourth-order valence-corrected chi connectivity index (χ4v) is 3.76. The molecule has 2 aliphatic rings. The monoisotopic (exact) mass is 360 g/mol. The van der Waals surface area contributed by atoms with Crippen molar-refractivity contribution in [3.8, 4) is 11.6 Å². The molecule has 9 heteroatoms. The molecule has 0 saturated heterocycles. The minimum atomic E-state index is -0.00958. The fraction of sp³-hybridized carbons (Fsp3) is 0.647. The van der Waals surface area contributed by atoms with Gasteiger partial charge in [-0.05, 0) is 12.8 Å². The molecule has 2 amide bonds. The number of nitrogens with zero attached hydrogens (tertiary/aromatic N) is 5. The predicted molar refractivity (Wildman–Crippen MR) is 91.9 cm³/mol. The number of urea groups is 1. The molecular weight excluding hydrogens is 336 g/mol. The molecule has 4 rings (SSSR count). The van der Waals surface area contributed by atoms with Gasteiger partial charge in [-0.1, -0.05) is 24.4 Å². The Balaban J connectivity index is 1.49. The molecule has 2 aromatic heterocycles. The van der Waals surface area contributed by atoms with Crippen molar-refractivity contribution in [1.29, 1.82) is 0 Å². The highest BCUT2D eigenvalue weighted by atomic mass is 16.5. The van der Waals surface area contributed by atoms with E-state index >= 15 is 0 Å². The van der Waals surface area contributed by atoms with E-state index in [1.165, 1.54) is 19.3 Å². The normalized spacial score (nSPS) is 17.5. The number of hydrogen-bond donors (Lipinski definition) is 1. The van der Waals surface area contributed by atoms with Crippen molar-refractivity contribution in [3.05, 3.63) is 17.1 Å². The van der Waals surface area contributed by atoms with Crippen LogP contribution in [0.15, 0.2) is 4.52 Å². The Labute approximate surface area is 151 Å². The Hall–Kier alpha value is -2.42. The molecule has 0 bridgehead atoms. The summed E-state index contributed by atoms with van der Waals surface area (Å²) in [5.41, 5.74) is 2.62. The minimum absolute atomic E-state index is 0.00958. The lowest BCUT2D eigenvalue weighted by atomic mass is 9.96. The van der Waals surface area contributed by atoms with Crippen molar-refractivity contribution in [2.24, 2.45) is 7.05 Å². The zero-order valence-corrected chi connectivity index (χ0v) is 15.2. The van der Waals surface area contributed by atoms with Crippen LogP contribution in [0.25, 0.3) is 11.6 Å². The average molecular weight is 360 g/mol. The maximum absolute atomic E-state index is 12.6. The molecule has 26 heavy (non-hydrogen) atoms. The van der Waals surface area contributed by atoms with Crippen LogP contribution in [0.4, 0.5) is 4.79 Å². The van der Waals surface area contributed by atoms with Gasteiger partial charge in [-0.25, -0.2) is 4.79 Å². The second-order valence-corrected chi connectivity index (χ2v) is 6.99. The maximum atomic E-state index is 12.6. The summed E-state index contributed by atoms with van der Waals surface area (Å²) < 4.78 is 12.1. The zero-order chi connectivity index (χ0) is 18.1. The van der Waals surface area contributed by atoms with E-state index in [1.54, 1.807) is 11.8 Å². The first-order chi connectivity index (χ1) is 12.7. The van der Waals surface area contributed by atoms with E-state index in [2.05, 4.69) is 20.6 Å². The van der Waals surface area contributed by atoms with Gasteiger partial charge in [-0.2, -0.15) is 10.1 Å². The number of methoxy groups -OCH3 is 1. The molecule has 0 aromatic carbocycles. The number of hydrogen-bond acceptors (Lipinski definition) is 6. The van der Waals surface area contributed by atoms with Crippen LogP contribution in [0.5, 0.6) is 0 Å². The number of aromatic nitrogens is 4. The zero-order valence-electron chi connectivity index (χ0n) is 15.2. The highest BCUT2D eigenvalue weighted by molar-refractivity contribution is 5.76. The van der Waals surface area contributed by atoms with Crippen LogP contribution in [0.1, 0.15) is 49.2 Å². The van der Waals surface area contributed by atoms with Gasteiger partial charge in [0.2, 0.25) is 0 Å². The second-order valence-electron chi connectivity index (χ2n) is 6.99. The summed E-state index contributed by atoms with van der Waals surface area (Å²) in [6.45, 7) is 1.32. The number of nitrogens with one attached hydrogen (secondary N) is 1. The molecule has 0 spiro atoms. The summed E-state index contributed by atoms with van der Waals surface area (Å²) in [5, 5.41) is 11.6. The van der Waals surface area contributed by atoms with Gasteiger partial charge in [0.05, 0.1) is 18.8 Å². The van der Waals surface area contributed by atoms with Gasteiger partial charge < -0.3 is 19.5 Å². The van der Waals surface area contributed by atoms with Gasteiger partial charge in [0.15, 0.2) is 11.5 Å². The van der Waals surface area contributed by atoms with E-state index < -0.39 is 0 Å². The quantitative estimate of drug-likeness (QED) is 0.895. The highest BCUT2D eigenvalue weighted by Crippen LogP contribution is 2.31. The Bertz CT molecular complexity index is 793. The minimum Gasteiger partial charge on any atom is -0.377 e. The van der Waals surface area contributed by atoms with E-state index in [1.807, 2.05) is 11.9 Å². The lowest BCUT2D eigenvalue weighted by molar-refractivity contribution is 0.174. The number of fused-ring (bicyclic) bond motifs is 1. The molecule has 9 nitrogen and oxygen atoms in total. The Morgan fingerprint density at radius 2 is 2.12 bits per heavy atom. The van der Waals surface area contributed by atoms with E-state index in [0.717, 1.165) is 24.1 Å². The first-order valence-electron chi connectivity index (χ1n) is 9.07. The third kappa shape index (κ3) is 3.18. The van der Waals surface area contributed by atoms with E-state index in [-0.39, 0.29) is 12.6 Å². The molecule has 1 aliphatic heterocycles. The number of aryl methyl sites for hydroxylation is 1. The van der Waals surface area contributed by atoms with Crippen LogP contribution >= 0.6 is 0 Å². The topological polar surface area (TPSA) is 98.3 Å². The van der Waals surface area contributed by atoms with E-state index in [4.69, 9.17) is 9.26 Å². The van der Waals surface area contributed by atoms with Crippen LogP contribution in [-0.4, -0.2) is 44.0 Å². The third-order valence-electron chi connectivity index (χ3n) is 5.13. The van der Waals surface area contributed by atoms with Gasteiger partial charge in [-0.15, -0.1) is 0 Å². The number of carbonyl (C=O) groups is 1. The standard InChI is InChI=1S/C17H24N6O3/c1-22-13-9-23(17(24)18-11-6-4-3-5-7-11)8-12(13)15(20-22)16-19-14(10-25-2)21-26-16/h11H,3-10H2,1-2H3,(H,18,24). The van der Waals surface area contributed by atoms with Crippen molar-refractivity contribution >= 4 is 6.03 Å². The largest absolute Gasteiger partial charge is 0.377 e. The first-order valence-corrected chi connectivity index (χ1v) is 9.07. The third-order valence-corrected chi connectivity index (χ3v) is 5.13. The van der Waals surface area contributed by atoms with Crippen molar-refractivity contribution in [1.82, 2.24) is 30.1 Å².